The third-order valence-electron chi connectivity index (χ3n) is 5.25. The Balaban J connectivity index is 0.000000356. The first kappa shape index (κ1) is 23.3. The number of hydrogen-bond acceptors (Lipinski definition) is 3. The maximum atomic E-state index is 12.5. The van der Waals surface area contributed by atoms with Crippen molar-refractivity contribution in [1.82, 2.24) is 4.98 Å². The summed E-state index contributed by atoms with van der Waals surface area (Å²) in [7, 11) is 0. The van der Waals surface area contributed by atoms with Gasteiger partial charge in [0.15, 0.2) is 0 Å². The number of rotatable bonds is 5. The number of aromatic amines is 1. The van der Waals surface area contributed by atoms with Gasteiger partial charge in [-0.15, -0.1) is 0 Å². The number of fused-ring (bicyclic) bond motifs is 1. The standard InChI is InChI=1S/C22H17N3O3.C6H7N/c26-20-12-15-9-10-16(11-19(15)25-20)22(28)24-18-8-4-7-17(13-18)23-21(27)14-5-2-1-3-6-14;1-2-6-4-3-5-7-6/h1-11,13H,12H2,(H,23,27)(H,24,28)(H,25,26);2-5,7H,1H2. The Bertz CT molecular complexity index is 1360. The van der Waals surface area contributed by atoms with Crippen LogP contribution in [0.5, 0.6) is 0 Å². The lowest BCUT2D eigenvalue weighted by Crippen LogP contribution is -2.14. The molecule has 3 aromatic carbocycles. The minimum Gasteiger partial charge on any atom is -0.362 e. The van der Waals surface area contributed by atoms with Gasteiger partial charge in [0.25, 0.3) is 11.8 Å². The van der Waals surface area contributed by atoms with Crippen LogP contribution in [0.4, 0.5) is 17.1 Å². The van der Waals surface area contributed by atoms with Gasteiger partial charge in [0.05, 0.1) is 6.42 Å². The monoisotopic (exact) mass is 464 g/mol. The Morgan fingerprint density at radius 1 is 0.800 bits per heavy atom. The summed E-state index contributed by atoms with van der Waals surface area (Å²) in [6.45, 7) is 3.57. The Kier molecular flexibility index (Phi) is 7.18. The lowest BCUT2D eigenvalue weighted by Gasteiger charge is -2.10. The average Bonchev–Trinajstić information content (AvgIpc) is 3.53. The normalized spacial score (nSPS) is 11.4. The largest absolute Gasteiger partial charge is 0.362 e. The lowest BCUT2D eigenvalue weighted by atomic mass is 10.1. The first-order chi connectivity index (χ1) is 17.0. The quantitative estimate of drug-likeness (QED) is 0.320. The Morgan fingerprint density at radius 3 is 2.14 bits per heavy atom. The smallest absolute Gasteiger partial charge is 0.255 e. The van der Waals surface area contributed by atoms with Gasteiger partial charge in [-0.1, -0.05) is 36.9 Å². The SMILES string of the molecule is C=Cc1ccc[nH]1.O=C1Cc2ccc(C(=O)Nc3cccc(NC(=O)c4ccccc4)c3)cc2N1. The molecule has 1 aliphatic heterocycles. The van der Waals surface area contributed by atoms with Crippen LogP contribution in [-0.2, 0) is 11.2 Å². The molecular weight excluding hydrogens is 440 g/mol. The molecule has 5 rings (SSSR count). The molecule has 7 nitrogen and oxygen atoms in total. The molecule has 35 heavy (non-hydrogen) atoms. The maximum absolute atomic E-state index is 12.5. The minimum absolute atomic E-state index is 0.0746. The molecule has 1 aliphatic rings. The molecule has 0 spiro atoms. The van der Waals surface area contributed by atoms with Crippen LogP contribution < -0.4 is 16.0 Å². The van der Waals surface area contributed by atoms with E-state index in [0.29, 0.717) is 34.6 Å². The molecule has 174 valence electrons. The van der Waals surface area contributed by atoms with Crippen LogP contribution >= 0.6 is 0 Å². The Morgan fingerprint density at radius 2 is 1.51 bits per heavy atom. The van der Waals surface area contributed by atoms with E-state index in [9.17, 15) is 14.4 Å². The minimum atomic E-state index is -0.296. The van der Waals surface area contributed by atoms with E-state index in [1.54, 1.807) is 72.8 Å². The molecule has 0 bridgehead atoms. The van der Waals surface area contributed by atoms with Crippen LogP contribution in [0.15, 0.2) is 97.7 Å². The fraction of sp³-hybridized carbons (Fsp3) is 0.0357. The van der Waals surface area contributed by atoms with E-state index in [0.717, 1.165) is 11.3 Å². The number of nitrogens with one attached hydrogen (secondary N) is 4. The predicted octanol–water partition coefficient (Wildman–Crippen LogP) is 5.34. The van der Waals surface area contributed by atoms with Crippen molar-refractivity contribution in [1.29, 1.82) is 0 Å². The lowest BCUT2D eigenvalue weighted by molar-refractivity contribution is -0.115. The molecule has 2 heterocycles. The van der Waals surface area contributed by atoms with Crippen molar-refractivity contribution < 1.29 is 14.4 Å². The van der Waals surface area contributed by atoms with Gasteiger partial charge in [0.2, 0.25) is 5.91 Å². The molecule has 0 fully saturated rings. The molecule has 1 aromatic heterocycles. The van der Waals surface area contributed by atoms with Crippen molar-refractivity contribution in [3.05, 3.63) is 120 Å². The average molecular weight is 465 g/mol. The summed E-state index contributed by atoms with van der Waals surface area (Å²) in [5.74, 6) is -0.594. The van der Waals surface area contributed by atoms with Gasteiger partial charge < -0.3 is 20.9 Å². The van der Waals surface area contributed by atoms with E-state index in [2.05, 4.69) is 27.5 Å². The third kappa shape index (κ3) is 6.11. The maximum Gasteiger partial charge on any atom is 0.255 e. The van der Waals surface area contributed by atoms with Crippen molar-refractivity contribution >= 4 is 40.9 Å². The number of benzene rings is 3. The number of carbonyl (C=O) groups excluding carboxylic acids is 3. The summed E-state index contributed by atoms with van der Waals surface area (Å²) < 4.78 is 0. The first-order valence-corrected chi connectivity index (χ1v) is 11.0. The van der Waals surface area contributed by atoms with Crippen molar-refractivity contribution in [3.63, 3.8) is 0 Å². The molecule has 0 unspecified atom stereocenters. The molecule has 0 saturated heterocycles. The van der Waals surface area contributed by atoms with Gasteiger partial charge in [-0.25, -0.2) is 0 Å². The molecule has 7 heteroatoms. The highest BCUT2D eigenvalue weighted by Gasteiger charge is 2.19. The van der Waals surface area contributed by atoms with E-state index in [4.69, 9.17) is 0 Å². The van der Waals surface area contributed by atoms with E-state index >= 15 is 0 Å². The summed E-state index contributed by atoms with van der Waals surface area (Å²) in [5, 5.41) is 8.36. The van der Waals surface area contributed by atoms with Gasteiger partial charge in [-0.05, 0) is 66.2 Å². The number of H-pyrrole nitrogens is 1. The zero-order valence-electron chi connectivity index (χ0n) is 18.9. The second-order valence-corrected chi connectivity index (χ2v) is 7.78. The molecule has 0 radical (unpaired) electrons. The molecule has 0 saturated carbocycles. The molecular formula is C28H24N4O3. The number of hydrogen-bond donors (Lipinski definition) is 4. The highest BCUT2D eigenvalue weighted by Crippen LogP contribution is 2.25. The van der Waals surface area contributed by atoms with Gasteiger partial charge in [0, 0.05) is 40.1 Å². The van der Waals surface area contributed by atoms with Gasteiger partial charge in [-0.3, -0.25) is 14.4 Å². The highest BCUT2D eigenvalue weighted by molar-refractivity contribution is 6.08. The second-order valence-electron chi connectivity index (χ2n) is 7.78. The van der Waals surface area contributed by atoms with Crippen molar-refractivity contribution in [2.24, 2.45) is 0 Å². The molecule has 0 atom stereocenters. The predicted molar refractivity (Wildman–Crippen MR) is 138 cm³/mol. The summed E-state index contributed by atoms with van der Waals surface area (Å²) >= 11 is 0. The van der Waals surface area contributed by atoms with E-state index in [-0.39, 0.29) is 17.7 Å². The van der Waals surface area contributed by atoms with Crippen molar-refractivity contribution in [2.75, 3.05) is 16.0 Å². The first-order valence-electron chi connectivity index (χ1n) is 11.0. The van der Waals surface area contributed by atoms with Crippen LogP contribution in [-0.4, -0.2) is 22.7 Å². The van der Waals surface area contributed by atoms with E-state index in [1.165, 1.54) is 0 Å². The fourth-order valence-electron chi connectivity index (χ4n) is 3.50. The molecule has 4 N–H and O–H groups in total. The topological polar surface area (TPSA) is 103 Å². The number of aromatic nitrogens is 1. The second kappa shape index (κ2) is 10.8. The van der Waals surface area contributed by atoms with Crippen LogP contribution in [0.3, 0.4) is 0 Å². The molecule has 4 aromatic rings. The summed E-state index contributed by atoms with van der Waals surface area (Å²) in [6, 6.07) is 24.9. The Hall–Kier alpha value is -4.91. The van der Waals surface area contributed by atoms with Crippen LogP contribution in [0, 0.1) is 0 Å². The molecule has 3 amide bonds. The Labute approximate surface area is 202 Å². The summed E-state index contributed by atoms with van der Waals surface area (Å²) in [5.41, 5.74) is 4.75. The molecule has 0 aliphatic carbocycles. The number of carbonyl (C=O) groups is 3. The number of amides is 3. The van der Waals surface area contributed by atoms with Gasteiger partial charge in [-0.2, -0.15) is 0 Å². The van der Waals surface area contributed by atoms with Crippen LogP contribution in [0.1, 0.15) is 32.0 Å². The van der Waals surface area contributed by atoms with Crippen molar-refractivity contribution in [3.8, 4) is 0 Å². The van der Waals surface area contributed by atoms with Gasteiger partial charge >= 0.3 is 0 Å². The fourth-order valence-corrected chi connectivity index (χ4v) is 3.50. The zero-order chi connectivity index (χ0) is 24.6. The van der Waals surface area contributed by atoms with Gasteiger partial charge in [0.1, 0.15) is 0 Å². The van der Waals surface area contributed by atoms with Crippen LogP contribution in [0.25, 0.3) is 6.08 Å². The number of anilines is 3. The van der Waals surface area contributed by atoms with Crippen LogP contribution in [0.2, 0.25) is 0 Å². The highest BCUT2D eigenvalue weighted by atomic mass is 16.2. The summed E-state index contributed by atoms with van der Waals surface area (Å²) in [6.07, 6.45) is 3.98. The third-order valence-corrected chi connectivity index (χ3v) is 5.25. The summed E-state index contributed by atoms with van der Waals surface area (Å²) in [4.78, 5) is 39.2. The zero-order valence-corrected chi connectivity index (χ0v) is 18.9. The van der Waals surface area contributed by atoms with E-state index in [1.807, 2.05) is 24.4 Å². The van der Waals surface area contributed by atoms with Crippen molar-refractivity contribution in [2.45, 2.75) is 6.42 Å². The van der Waals surface area contributed by atoms with E-state index < -0.39 is 0 Å².